The maximum absolute atomic E-state index is 9.72. The second-order valence-corrected chi connectivity index (χ2v) is 4.81. The average Bonchev–Trinajstić information content (AvgIpc) is 2.44. The van der Waals surface area contributed by atoms with E-state index in [9.17, 15) is 5.21 Å². The van der Waals surface area contributed by atoms with Crippen LogP contribution in [0.5, 0.6) is 0 Å². The van der Waals surface area contributed by atoms with Gasteiger partial charge in [0.1, 0.15) is 5.36 Å². The third-order valence-corrected chi connectivity index (χ3v) is 3.38. The number of aryl methyl sites for hydroxylation is 1. The average molecular weight is 260 g/mol. The summed E-state index contributed by atoms with van der Waals surface area (Å²) in [5.74, 6) is 0. The fourth-order valence-electron chi connectivity index (χ4n) is 2.30. The molecule has 0 radical (unpaired) electrons. The van der Waals surface area contributed by atoms with Gasteiger partial charge in [0.25, 0.3) is 0 Å². The van der Waals surface area contributed by atoms with E-state index in [1.54, 1.807) is 6.07 Å². The van der Waals surface area contributed by atoms with Crippen LogP contribution in [0.25, 0.3) is 10.9 Å². The Bertz CT molecular complexity index is 617. The lowest BCUT2D eigenvalue weighted by molar-refractivity contribution is 0.197. The van der Waals surface area contributed by atoms with Gasteiger partial charge in [-0.15, -0.1) is 0 Å². The van der Waals surface area contributed by atoms with Gasteiger partial charge in [-0.3, -0.25) is 0 Å². The number of benzene rings is 1. The van der Waals surface area contributed by atoms with Crippen molar-refractivity contribution >= 4 is 10.9 Å². The summed E-state index contributed by atoms with van der Waals surface area (Å²) in [6.07, 6.45) is 7.38. The van der Waals surface area contributed by atoms with Crippen LogP contribution in [-0.2, 0) is 6.42 Å². The Morgan fingerprint density at radius 3 is 2.74 bits per heavy atom. The summed E-state index contributed by atoms with van der Waals surface area (Å²) in [6.45, 7) is 2.20. The molecule has 1 heterocycles. The molecule has 1 aromatic carbocycles. The van der Waals surface area contributed by atoms with E-state index in [-0.39, 0.29) is 0 Å². The molecule has 0 aliphatic carbocycles. The van der Waals surface area contributed by atoms with Gasteiger partial charge in [0.15, 0.2) is 0 Å². The van der Waals surface area contributed by atoms with Crippen molar-refractivity contribution in [2.75, 3.05) is 0 Å². The smallest absolute Gasteiger partial charge is 0.113 e. The Balaban J connectivity index is 2.29. The summed E-state index contributed by atoms with van der Waals surface area (Å²) in [6, 6.07) is 7.45. The topological polar surface area (TPSA) is 57.8 Å². The van der Waals surface area contributed by atoms with Crippen LogP contribution >= 0.6 is 0 Å². The highest BCUT2D eigenvalue weighted by molar-refractivity contribution is 5.79. The van der Waals surface area contributed by atoms with E-state index in [4.69, 9.17) is 5.21 Å². The van der Waals surface area contributed by atoms with Gasteiger partial charge in [0.05, 0.1) is 5.52 Å². The number of hydrogen-bond acceptors (Lipinski definition) is 3. The van der Waals surface area contributed by atoms with E-state index in [0.717, 1.165) is 23.0 Å². The first-order chi connectivity index (χ1) is 9.26. The minimum atomic E-state index is 0.482. The molecule has 0 bridgehead atoms. The minimum Gasteiger partial charge on any atom is -0.428 e. The van der Waals surface area contributed by atoms with E-state index < -0.39 is 0 Å². The molecule has 0 atom stereocenters. The molecule has 19 heavy (non-hydrogen) atoms. The molecule has 2 aromatic rings. The van der Waals surface area contributed by atoms with E-state index in [1.807, 2.05) is 18.2 Å². The molecule has 2 rings (SSSR count). The monoisotopic (exact) mass is 260 g/mol. The molecular formula is C15H20N2O2. The molecule has 0 fully saturated rings. The Kier molecular flexibility index (Phi) is 4.44. The molecule has 4 nitrogen and oxygen atoms in total. The van der Waals surface area contributed by atoms with Crippen LogP contribution in [0.3, 0.4) is 0 Å². The zero-order valence-electron chi connectivity index (χ0n) is 11.2. The quantitative estimate of drug-likeness (QED) is 0.375. The normalized spacial score (nSPS) is 12.2. The van der Waals surface area contributed by atoms with Gasteiger partial charge in [-0.2, -0.15) is 4.73 Å². The van der Waals surface area contributed by atoms with Crippen LogP contribution in [0, 0.1) is 0 Å². The number of unbranched alkanes of at least 4 members (excludes halogenated alkanes) is 3. The molecule has 0 saturated heterocycles. The molecule has 0 unspecified atom stereocenters. The first-order valence-corrected chi connectivity index (χ1v) is 6.78. The van der Waals surface area contributed by atoms with Crippen molar-refractivity contribution in [2.45, 2.75) is 39.0 Å². The molecule has 0 spiro atoms. The molecule has 0 aliphatic rings. The van der Waals surface area contributed by atoms with Crippen LogP contribution in [0.15, 0.2) is 35.6 Å². The van der Waals surface area contributed by atoms with Crippen molar-refractivity contribution in [1.82, 2.24) is 4.73 Å². The van der Waals surface area contributed by atoms with E-state index in [2.05, 4.69) is 12.1 Å². The van der Waals surface area contributed by atoms with Gasteiger partial charge < -0.3 is 10.4 Å². The fraction of sp³-hybridized carbons (Fsp3) is 0.400. The highest BCUT2D eigenvalue weighted by Crippen LogP contribution is 2.14. The standard InChI is InChI=1S/C15H20N2O2/c1-2-3-4-5-6-12-7-8-15-13(11-12)14(16-18)9-10-17(15)19/h7-11,18-19H,2-6H2,1H3. The Hall–Kier alpha value is -1.97. The minimum absolute atomic E-state index is 0.482. The lowest BCUT2D eigenvalue weighted by atomic mass is 10.0. The van der Waals surface area contributed by atoms with Gasteiger partial charge in [-0.05, 0) is 36.6 Å². The molecule has 2 N–H and O–H groups in total. The first-order valence-electron chi connectivity index (χ1n) is 6.78. The van der Waals surface area contributed by atoms with E-state index in [1.165, 1.54) is 31.0 Å². The predicted molar refractivity (Wildman–Crippen MR) is 74.3 cm³/mol. The van der Waals surface area contributed by atoms with Gasteiger partial charge in [-0.1, -0.05) is 37.4 Å². The van der Waals surface area contributed by atoms with Crippen LogP contribution in [0.4, 0.5) is 0 Å². The Morgan fingerprint density at radius 1 is 1.16 bits per heavy atom. The summed E-state index contributed by atoms with van der Waals surface area (Å²) in [7, 11) is 0. The molecule has 0 amide bonds. The second-order valence-electron chi connectivity index (χ2n) is 4.81. The van der Waals surface area contributed by atoms with E-state index >= 15 is 0 Å². The van der Waals surface area contributed by atoms with Crippen molar-refractivity contribution < 1.29 is 10.4 Å². The predicted octanol–water partition coefficient (Wildman–Crippen LogP) is 3.29. The van der Waals surface area contributed by atoms with Crippen LogP contribution < -0.4 is 5.36 Å². The van der Waals surface area contributed by atoms with Gasteiger partial charge in [-0.25, -0.2) is 0 Å². The highest BCUT2D eigenvalue weighted by Gasteiger charge is 2.03. The zero-order valence-corrected chi connectivity index (χ0v) is 11.2. The summed E-state index contributed by atoms with van der Waals surface area (Å²) < 4.78 is 1.05. The van der Waals surface area contributed by atoms with Crippen LogP contribution in [-0.4, -0.2) is 15.1 Å². The molecule has 1 aromatic heterocycles. The number of pyridine rings is 1. The largest absolute Gasteiger partial charge is 0.428 e. The highest BCUT2D eigenvalue weighted by atomic mass is 16.5. The molecular weight excluding hydrogens is 240 g/mol. The molecule has 0 aliphatic heterocycles. The summed E-state index contributed by atoms with van der Waals surface area (Å²) in [5.41, 5.74) is 1.85. The number of nitrogens with zero attached hydrogens (tertiary/aromatic N) is 2. The Labute approximate surface area is 112 Å². The van der Waals surface area contributed by atoms with Gasteiger partial charge in [0.2, 0.25) is 0 Å². The molecule has 4 heteroatoms. The summed E-state index contributed by atoms with van der Waals surface area (Å²) in [4.78, 5) is 0. The van der Waals surface area contributed by atoms with Gasteiger partial charge >= 0.3 is 0 Å². The lowest BCUT2D eigenvalue weighted by Crippen LogP contribution is -2.08. The maximum Gasteiger partial charge on any atom is 0.113 e. The zero-order chi connectivity index (χ0) is 13.7. The fourth-order valence-corrected chi connectivity index (χ4v) is 2.30. The number of hydrogen-bond donors (Lipinski definition) is 2. The van der Waals surface area contributed by atoms with E-state index in [0.29, 0.717) is 10.9 Å². The summed E-state index contributed by atoms with van der Waals surface area (Å²) in [5, 5.41) is 23.2. The van der Waals surface area contributed by atoms with Crippen molar-refractivity contribution in [2.24, 2.45) is 5.16 Å². The molecule has 102 valence electrons. The van der Waals surface area contributed by atoms with Crippen molar-refractivity contribution in [3.05, 3.63) is 41.4 Å². The van der Waals surface area contributed by atoms with Gasteiger partial charge in [0, 0.05) is 11.6 Å². The van der Waals surface area contributed by atoms with Crippen molar-refractivity contribution in [3.8, 4) is 0 Å². The number of fused-ring (bicyclic) bond motifs is 1. The SMILES string of the molecule is CCCCCCc1ccc2c(c1)c(=NO)ccn2O. The lowest BCUT2D eigenvalue weighted by Gasteiger charge is -2.07. The van der Waals surface area contributed by atoms with Crippen molar-refractivity contribution in [1.29, 1.82) is 0 Å². The number of rotatable bonds is 5. The summed E-state index contributed by atoms with van der Waals surface area (Å²) >= 11 is 0. The first kappa shape index (κ1) is 13.5. The third kappa shape index (κ3) is 3.08. The molecule has 0 saturated carbocycles. The van der Waals surface area contributed by atoms with Crippen molar-refractivity contribution in [3.63, 3.8) is 0 Å². The second kappa shape index (κ2) is 6.27. The maximum atomic E-state index is 9.72. The van der Waals surface area contributed by atoms with Crippen LogP contribution in [0.2, 0.25) is 0 Å². The Morgan fingerprint density at radius 2 is 2.00 bits per heavy atom. The third-order valence-electron chi connectivity index (χ3n) is 3.38. The van der Waals surface area contributed by atoms with Crippen LogP contribution in [0.1, 0.15) is 38.2 Å². The number of aromatic nitrogens is 1.